The first-order valence-electron chi connectivity index (χ1n) is 4.48. The van der Waals surface area contributed by atoms with Crippen LogP contribution in [0.4, 0.5) is 8.78 Å². The topological polar surface area (TPSA) is 0 Å². The monoisotopic (exact) mass is 410 g/mol. The van der Waals surface area contributed by atoms with E-state index in [0.29, 0.717) is 19.2 Å². The van der Waals surface area contributed by atoms with E-state index in [9.17, 15) is 8.78 Å². The van der Waals surface area contributed by atoms with Crippen molar-refractivity contribution in [3.63, 3.8) is 0 Å². The molecule has 0 unspecified atom stereocenters. The van der Waals surface area contributed by atoms with Crippen LogP contribution in [0.25, 0.3) is 0 Å². The molecule has 7 heteroatoms. The van der Waals surface area contributed by atoms with Crippen molar-refractivity contribution in [2.24, 2.45) is 0 Å². The van der Waals surface area contributed by atoms with Crippen molar-refractivity contribution in [1.82, 2.24) is 0 Å². The van der Waals surface area contributed by atoms with Gasteiger partial charge in [0, 0.05) is 0 Å². The summed E-state index contributed by atoms with van der Waals surface area (Å²) in [5.74, 6) is -0.607. The van der Waals surface area contributed by atoms with Gasteiger partial charge in [-0.15, -0.1) is 0 Å². The minimum Gasteiger partial charge on any atom is -1.00 e. The van der Waals surface area contributed by atoms with Gasteiger partial charge < -0.3 is 42.5 Å². The number of rotatable bonds is 2. The summed E-state index contributed by atoms with van der Waals surface area (Å²) >= 11 is 0. The normalized spacial score (nSPS) is 8.11. The molecule has 0 spiro atoms. The maximum atomic E-state index is 13.3. The minimum atomic E-state index is -0.303. The number of hydrogen-bond donors (Lipinski definition) is 0. The molecule has 0 heterocycles. The average Bonchev–Trinajstić information content (AvgIpc) is 2.24. The van der Waals surface area contributed by atoms with Gasteiger partial charge in [-0.1, -0.05) is 36.4 Å². The molecule has 0 saturated heterocycles. The van der Waals surface area contributed by atoms with Crippen molar-refractivity contribution in [1.29, 1.82) is 0 Å². The summed E-state index contributed by atoms with van der Waals surface area (Å²) < 4.78 is 26.6. The van der Waals surface area contributed by atoms with Gasteiger partial charge in [-0.25, -0.2) is 8.78 Å². The Morgan fingerprint density at radius 2 is 1.00 bits per heavy atom. The standard InChI is InChI=1S/C12H8F2P.2BrH.Li.Mg/c13-9-5-1-3-7-11(9)15-12-8-4-2-6-10(12)14;;;;/h1-8H;2*1H;;/q-1;;;+1;+2/p-2. The minimum absolute atomic E-state index is 0. The Bertz CT molecular complexity index is 445. The molecule has 2 aromatic rings. The Morgan fingerprint density at radius 1 is 0.684 bits per heavy atom. The first-order chi connectivity index (χ1) is 7.27. The van der Waals surface area contributed by atoms with Crippen LogP contribution in [0, 0.1) is 11.6 Å². The summed E-state index contributed by atoms with van der Waals surface area (Å²) in [6, 6.07) is 12.8. The van der Waals surface area contributed by atoms with E-state index in [-0.39, 0.29) is 87.5 Å². The molecule has 0 aliphatic rings. The van der Waals surface area contributed by atoms with Crippen molar-refractivity contribution in [2.45, 2.75) is 0 Å². The van der Waals surface area contributed by atoms with Crippen LogP contribution in [0.1, 0.15) is 0 Å². The van der Waals surface area contributed by atoms with E-state index in [2.05, 4.69) is 0 Å². The predicted octanol–water partition coefficient (Wildman–Crippen LogP) is -6.51. The van der Waals surface area contributed by atoms with E-state index in [4.69, 9.17) is 0 Å². The summed E-state index contributed by atoms with van der Waals surface area (Å²) in [5, 5.41) is 0.977. The molecule has 0 aliphatic carbocycles. The molecular weight excluding hydrogens is 404 g/mol. The van der Waals surface area contributed by atoms with Crippen molar-refractivity contribution in [2.75, 3.05) is 0 Å². The molecule has 19 heavy (non-hydrogen) atoms. The van der Waals surface area contributed by atoms with E-state index in [0.717, 1.165) is 0 Å². The molecule has 2 rings (SSSR count). The fourth-order valence-corrected chi connectivity index (χ4v) is 2.16. The van der Waals surface area contributed by atoms with E-state index in [1.807, 2.05) is 0 Å². The Kier molecular flexibility index (Phi) is 16.8. The maximum Gasteiger partial charge on any atom is 2.00 e. The summed E-state index contributed by atoms with van der Waals surface area (Å²) in [4.78, 5) is 0. The van der Waals surface area contributed by atoms with Gasteiger partial charge in [0.15, 0.2) is 0 Å². The summed E-state index contributed by atoms with van der Waals surface area (Å²) in [7, 11) is 0.558. The Labute approximate surface area is 162 Å². The molecule has 2 aromatic carbocycles. The second-order valence-electron chi connectivity index (χ2n) is 3.01. The molecule has 0 aliphatic heterocycles. The number of halogens is 4. The third-order valence-corrected chi connectivity index (χ3v) is 3.15. The van der Waals surface area contributed by atoms with E-state index in [1.54, 1.807) is 36.4 Å². The quantitative estimate of drug-likeness (QED) is 0.340. The molecule has 0 saturated carbocycles. The Morgan fingerprint density at radius 3 is 1.32 bits per heavy atom. The summed E-state index contributed by atoms with van der Waals surface area (Å²) in [6.07, 6.45) is 0. The zero-order chi connectivity index (χ0) is 10.7. The third-order valence-electron chi connectivity index (χ3n) is 1.95. The van der Waals surface area contributed by atoms with Gasteiger partial charge >= 0.3 is 41.9 Å². The van der Waals surface area contributed by atoms with Gasteiger partial charge in [0.05, 0.1) is 11.6 Å². The molecule has 0 N–H and O–H groups in total. The summed E-state index contributed by atoms with van der Waals surface area (Å²) in [5.41, 5.74) is 0. The van der Waals surface area contributed by atoms with Crippen molar-refractivity contribution in [3.05, 3.63) is 60.2 Å². The van der Waals surface area contributed by atoms with Crippen LogP contribution in [-0.4, -0.2) is 23.1 Å². The molecule has 0 amide bonds. The first kappa shape index (κ1) is 25.0. The van der Waals surface area contributed by atoms with Gasteiger partial charge in [-0.3, -0.25) is 0 Å². The van der Waals surface area contributed by atoms with Gasteiger partial charge in [0.2, 0.25) is 0 Å². The zero-order valence-corrected chi connectivity index (χ0v) is 15.8. The largest absolute Gasteiger partial charge is 2.00 e. The Balaban J connectivity index is -0.000000640. The van der Waals surface area contributed by atoms with Gasteiger partial charge in [-0.05, 0) is 12.1 Å². The molecule has 0 atom stereocenters. The Hall–Kier alpha value is 1.05. The summed E-state index contributed by atoms with van der Waals surface area (Å²) in [6.45, 7) is 0. The number of benzene rings is 2. The van der Waals surface area contributed by atoms with E-state index < -0.39 is 0 Å². The molecule has 0 nitrogen and oxygen atoms in total. The van der Waals surface area contributed by atoms with Crippen LogP contribution >= 0.6 is 8.58 Å². The molecule has 0 fully saturated rings. The molecule has 0 aromatic heterocycles. The van der Waals surface area contributed by atoms with Gasteiger partial charge in [0.25, 0.3) is 0 Å². The third kappa shape index (κ3) is 7.57. The first-order valence-corrected chi connectivity index (χ1v) is 5.37. The SMILES string of the molecule is Fc1ccccc1[P-]c1ccccc1F.[Br-].[Br-].[Li+].[Mg+2]. The van der Waals surface area contributed by atoms with Crippen LogP contribution in [-0.2, 0) is 0 Å². The molecule has 0 bridgehead atoms. The molecule has 92 valence electrons. The van der Waals surface area contributed by atoms with Gasteiger partial charge in [0.1, 0.15) is 0 Å². The smallest absolute Gasteiger partial charge is 1.00 e. The van der Waals surface area contributed by atoms with Gasteiger partial charge in [-0.2, -0.15) is 10.6 Å². The van der Waals surface area contributed by atoms with Crippen LogP contribution in [0.2, 0.25) is 0 Å². The fourth-order valence-electron chi connectivity index (χ4n) is 1.21. The maximum absolute atomic E-state index is 13.3. The molecular formula is C12H8Br2F2LiMgP. The average molecular weight is 412 g/mol. The van der Waals surface area contributed by atoms with Crippen molar-refractivity contribution >= 4 is 42.2 Å². The van der Waals surface area contributed by atoms with Crippen LogP contribution in [0.5, 0.6) is 0 Å². The van der Waals surface area contributed by atoms with Crippen LogP contribution in [0.3, 0.4) is 0 Å². The van der Waals surface area contributed by atoms with Crippen LogP contribution < -0.4 is 63.4 Å². The fraction of sp³-hybridized carbons (Fsp3) is 0. The molecule has 0 radical (unpaired) electrons. The van der Waals surface area contributed by atoms with E-state index in [1.165, 1.54) is 12.1 Å². The van der Waals surface area contributed by atoms with Crippen LogP contribution in [0.15, 0.2) is 48.5 Å². The second kappa shape index (κ2) is 12.8. The second-order valence-corrected chi connectivity index (χ2v) is 4.20. The van der Waals surface area contributed by atoms with E-state index >= 15 is 0 Å². The van der Waals surface area contributed by atoms with Crippen molar-refractivity contribution in [3.8, 4) is 0 Å². The van der Waals surface area contributed by atoms with Crippen molar-refractivity contribution < 1.29 is 61.6 Å². The zero-order valence-electron chi connectivity index (χ0n) is 10.3. The predicted molar refractivity (Wildman–Crippen MR) is 64.7 cm³/mol. The number of hydrogen-bond acceptors (Lipinski definition) is 0.